The molecule has 1 aromatic carbocycles. The van der Waals surface area contributed by atoms with E-state index in [0.29, 0.717) is 29.2 Å². The van der Waals surface area contributed by atoms with Crippen LogP contribution < -0.4 is 10.6 Å². The van der Waals surface area contributed by atoms with Gasteiger partial charge in [-0.2, -0.15) is 0 Å². The van der Waals surface area contributed by atoms with Crippen molar-refractivity contribution in [2.24, 2.45) is 5.73 Å². The summed E-state index contributed by atoms with van der Waals surface area (Å²) in [4.78, 5) is 41.7. The Morgan fingerprint density at radius 1 is 1.03 bits per heavy atom. The molecule has 1 fully saturated rings. The fourth-order valence-corrected chi connectivity index (χ4v) is 4.49. The molecule has 4 heterocycles. The summed E-state index contributed by atoms with van der Waals surface area (Å²) in [5, 5.41) is 0. The van der Waals surface area contributed by atoms with E-state index in [-0.39, 0.29) is 24.5 Å². The van der Waals surface area contributed by atoms with Crippen LogP contribution in [0.5, 0.6) is 0 Å². The van der Waals surface area contributed by atoms with Gasteiger partial charge in [0.25, 0.3) is 0 Å². The first-order chi connectivity index (χ1) is 18.5. The predicted octanol–water partition coefficient (Wildman–Crippen LogP) is 3.67. The third-order valence-electron chi connectivity index (χ3n) is 6.24. The van der Waals surface area contributed by atoms with Gasteiger partial charge in [0, 0.05) is 38.1 Å². The van der Waals surface area contributed by atoms with Gasteiger partial charge in [-0.3, -0.25) is 19.2 Å². The average molecular weight is 536 g/mol. The number of amides is 2. The number of carbonyl (C=O) groups is 2. The zero-order valence-corrected chi connectivity index (χ0v) is 21.6. The van der Waals surface area contributed by atoms with Gasteiger partial charge >= 0.3 is 6.09 Å². The zero-order chi connectivity index (χ0) is 27.9. The van der Waals surface area contributed by atoms with Gasteiger partial charge in [0.2, 0.25) is 5.91 Å². The Hall–Kier alpha value is -4.61. The number of carbonyl (C=O) groups excluding carboxylic acids is 2. The van der Waals surface area contributed by atoms with Crippen LogP contribution in [0.2, 0.25) is 0 Å². The van der Waals surface area contributed by atoms with Gasteiger partial charge in [-0.25, -0.2) is 23.5 Å². The van der Waals surface area contributed by atoms with Crippen molar-refractivity contribution < 1.29 is 23.1 Å². The fourth-order valence-electron chi connectivity index (χ4n) is 4.49. The van der Waals surface area contributed by atoms with Crippen molar-refractivity contribution in [3.63, 3.8) is 0 Å². The first-order valence-corrected chi connectivity index (χ1v) is 12.3. The minimum absolute atomic E-state index is 0.104. The third-order valence-corrected chi connectivity index (χ3v) is 6.24. The zero-order valence-electron chi connectivity index (χ0n) is 21.6. The van der Waals surface area contributed by atoms with Crippen LogP contribution >= 0.6 is 0 Å². The number of aromatic nitrogens is 4. The molecule has 2 amide bonds. The van der Waals surface area contributed by atoms with E-state index in [9.17, 15) is 18.4 Å². The van der Waals surface area contributed by atoms with E-state index in [0.717, 1.165) is 6.07 Å². The van der Waals surface area contributed by atoms with E-state index in [1.54, 1.807) is 62.0 Å². The molecule has 10 nitrogen and oxygen atoms in total. The lowest BCUT2D eigenvalue weighted by atomic mass is 10.1. The van der Waals surface area contributed by atoms with E-state index in [1.807, 2.05) is 4.90 Å². The number of nitrogens with zero attached hydrogens (tertiary/aromatic N) is 6. The highest BCUT2D eigenvalue weighted by Gasteiger charge is 2.37. The molecule has 0 aliphatic carbocycles. The number of pyridine rings is 2. The quantitative estimate of drug-likeness (QED) is 0.423. The SMILES string of the molecule is CC(C)(C)OC(=O)N1CCN(c2ccc3nc(-c4ccc(F)cc4F)n(-c4ccncc4)c3n2)C[C@@H]1C(N)=O. The highest BCUT2D eigenvalue weighted by atomic mass is 19.1. The summed E-state index contributed by atoms with van der Waals surface area (Å²) in [5.74, 6) is -1.37. The van der Waals surface area contributed by atoms with Crippen molar-refractivity contribution in [1.82, 2.24) is 24.4 Å². The van der Waals surface area contributed by atoms with Gasteiger partial charge in [-0.15, -0.1) is 0 Å². The fraction of sp³-hybridized carbons (Fsp3) is 0.296. The van der Waals surface area contributed by atoms with E-state index in [1.165, 1.54) is 17.0 Å². The number of imidazole rings is 1. The molecule has 0 spiro atoms. The Labute approximate surface area is 223 Å². The molecule has 1 atom stereocenters. The van der Waals surface area contributed by atoms with Crippen molar-refractivity contribution in [3.05, 3.63) is 66.5 Å². The maximum Gasteiger partial charge on any atom is 0.411 e. The number of benzene rings is 1. The molecule has 5 rings (SSSR count). The lowest BCUT2D eigenvalue weighted by Gasteiger charge is -2.40. The van der Waals surface area contributed by atoms with Crippen LogP contribution in [0.1, 0.15) is 20.8 Å². The first-order valence-electron chi connectivity index (χ1n) is 12.3. The van der Waals surface area contributed by atoms with E-state index in [4.69, 9.17) is 15.5 Å². The minimum atomic E-state index is -0.930. The topological polar surface area (TPSA) is 119 Å². The van der Waals surface area contributed by atoms with Gasteiger partial charge < -0.3 is 15.4 Å². The molecule has 0 saturated carbocycles. The normalized spacial score (nSPS) is 16.0. The minimum Gasteiger partial charge on any atom is -0.444 e. The Bertz CT molecular complexity index is 1550. The number of fused-ring (bicyclic) bond motifs is 1. The van der Waals surface area contributed by atoms with Crippen LogP contribution in [0, 0.1) is 11.6 Å². The smallest absolute Gasteiger partial charge is 0.411 e. The average Bonchev–Trinajstić information content (AvgIpc) is 3.26. The molecular formula is C27H27F2N7O3. The standard InChI is InChI=1S/C27H27F2N7O3/c1-27(2,3)39-26(38)35-13-12-34(15-21(35)23(30)37)22-7-6-20-25(33-22)36(17-8-10-31-11-9-17)24(32-20)18-5-4-16(28)14-19(18)29/h4-11,14,21H,12-13,15H2,1-3H3,(H2,30,37)/t21-/m1/s1. The molecule has 0 radical (unpaired) electrons. The summed E-state index contributed by atoms with van der Waals surface area (Å²) in [6, 6.07) is 9.29. The van der Waals surface area contributed by atoms with Crippen LogP contribution in [0.3, 0.4) is 0 Å². The van der Waals surface area contributed by atoms with E-state index >= 15 is 0 Å². The summed E-state index contributed by atoms with van der Waals surface area (Å²) < 4.78 is 35.6. The van der Waals surface area contributed by atoms with Crippen LogP contribution in [0.15, 0.2) is 54.9 Å². The lowest BCUT2D eigenvalue weighted by Crippen LogP contribution is -2.60. The number of ether oxygens (including phenoxy) is 1. The lowest BCUT2D eigenvalue weighted by molar-refractivity contribution is -0.123. The second-order valence-electron chi connectivity index (χ2n) is 10.2. The van der Waals surface area contributed by atoms with Crippen LogP contribution in [-0.2, 0) is 9.53 Å². The number of rotatable bonds is 4. The number of hydrogen-bond donors (Lipinski definition) is 1. The van der Waals surface area contributed by atoms with Crippen LogP contribution in [0.25, 0.3) is 28.2 Å². The molecule has 4 aromatic rings. The molecule has 0 bridgehead atoms. The first kappa shape index (κ1) is 26.0. The predicted molar refractivity (Wildman–Crippen MR) is 140 cm³/mol. The maximum absolute atomic E-state index is 14.8. The number of piperazine rings is 1. The summed E-state index contributed by atoms with van der Waals surface area (Å²) in [6.45, 7) is 5.91. The molecule has 3 aromatic heterocycles. The molecule has 12 heteroatoms. The van der Waals surface area contributed by atoms with E-state index in [2.05, 4.69) is 9.97 Å². The number of nitrogens with two attached hydrogens (primary N) is 1. The molecule has 2 N–H and O–H groups in total. The largest absolute Gasteiger partial charge is 0.444 e. The van der Waals surface area contributed by atoms with Gasteiger partial charge in [0.1, 0.15) is 40.4 Å². The molecule has 0 unspecified atom stereocenters. The molecule has 1 aliphatic rings. The van der Waals surface area contributed by atoms with Gasteiger partial charge in [0.15, 0.2) is 5.65 Å². The molecule has 1 aliphatic heterocycles. The molecule has 39 heavy (non-hydrogen) atoms. The molecule has 1 saturated heterocycles. The van der Waals surface area contributed by atoms with E-state index < -0.39 is 35.3 Å². The second-order valence-corrected chi connectivity index (χ2v) is 10.2. The summed E-state index contributed by atoms with van der Waals surface area (Å²) >= 11 is 0. The summed E-state index contributed by atoms with van der Waals surface area (Å²) in [6.07, 6.45) is 2.56. The third kappa shape index (κ3) is 5.22. The van der Waals surface area contributed by atoms with Crippen LogP contribution in [0.4, 0.5) is 19.4 Å². The Morgan fingerprint density at radius 3 is 2.44 bits per heavy atom. The number of halogens is 2. The van der Waals surface area contributed by atoms with Crippen molar-refractivity contribution in [3.8, 4) is 17.1 Å². The van der Waals surface area contributed by atoms with Crippen molar-refractivity contribution in [2.75, 3.05) is 24.5 Å². The second kappa shape index (κ2) is 9.93. The number of hydrogen-bond acceptors (Lipinski definition) is 7. The van der Waals surface area contributed by atoms with Crippen LogP contribution in [-0.4, -0.2) is 67.7 Å². The molecular weight excluding hydrogens is 508 g/mol. The molecule has 202 valence electrons. The van der Waals surface area contributed by atoms with Crippen molar-refractivity contribution in [2.45, 2.75) is 32.4 Å². The van der Waals surface area contributed by atoms with Gasteiger partial charge in [-0.05, 0) is 57.2 Å². The number of primary amides is 1. The Balaban J connectivity index is 1.55. The van der Waals surface area contributed by atoms with Gasteiger partial charge in [-0.1, -0.05) is 0 Å². The Kier molecular flexibility index (Phi) is 6.62. The van der Waals surface area contributed by atoms with Crippen molar-refractivity contribution in [1.29, 1.82) is 0 Å². The maximum atomic E-state index is 14.8. The highest BCUT2D eigenvalue weighted by Crippen LogP contribution is 2.31. The summed E-state index contributed by atoms with van der Waals surface area (Å²) in [5.41, 5.74) is 6.57. The monoisotopic (exact) mass is 535 g/mol. The van der Waals surface area contributed by atoms with Crippen molar-refractivity contribution >= 4 is 29.0 Å². The summed E-state index contributed by atoms with van der Waals surface area (Å²) in [7, 11) is 0. The number of anilines is 1. The highest BCUT2D eigenvalue weighted by molar-refractivity contribution is 5.86. The van der Waals surface area contributed by atoms with Gasteiger partial charge in [0.05, 0.1) is 11.3 Å². The Morgan fingerprint density at radius 2 is 1.77 bits per heavy atom.